The molecule has 2 fully saturated rings. The van der Waals surface area contributed by atoms with Gasteiger partial charge < -0.3 is 14.4 Å². The Morgan fingerprint density at radius 3 is 2.24 bits per heavy atom. The van der Waals surface area contributed by atoms with E-state index in [-0.39, 0.29) is 49.1 Å². The summed E-state index contributed by atoms with van der Waals surface area (Å²) < 4.78 is 10.7. The molecule has 182 valence electrons. The molecular formula is C24H30N4O6. The monoisotopic (exact) mass is 470 g/mol. The molecule has 3 aliphatic heterocycles. The number of hydrogen-bond donors (Lipinski definition) is 0. The third-order valence-corrected chi connectivity index (χ3v) is 6.81. The maximum atomic E-state index is 13.3. The van der Waals surface area contributed by atoms with Crippen molar-refractivity contribution in [1.29, 1.82) is 0 Å². The summed E-state index contributed by atoms with van der Waals surface area (Å²) in [7, 11) is 3.13. The van der Waals surface area contributed by atoms with Gasteiger partial charge in [-0.05, 0) is 44.9 Å². The maximum absolute atomic E-state index is 13.3. The largest absolute Gasteiger partial charge is 0.493 e. The smallest absolute Gasteiger partial charge is 0.254 e. The molecule has 0 aliphatic carbocycles. The molecule has 0 atom stereocenters. The van der Waals surface area contributed by atoms with Crippen LogP contribution >= 0.6 is 0 Å². The number of likely N-dealkylation sites (tertiary alicyclic amines) is 2. The molecule has 0 spiro atoms. The highest BCUT2D eigenvalue weighted by Gasteiger charge is 2.47. The second-order valence-corrected chi connectivity index (χ2v) is 9.28. The zero-order valence-electron chi connectivity index (χ0n) is 20.0. The summed E-state index contributed by atoms with van der Waals surface area (Å²) in [6.45, 7) is 4.37. The number of piperidine rings is 1. The van der Waals surface area contributed by atoms with Gasteiger partial charge in [-0.25, -0.2) is 5.01 Å². The number of benzene rings is 1. The van der Waals surface area contributed by atoms with Crippen molar-refractivity contribution in [2.24, 2.45) is 10.5 Å². The van der Waals surface area contributed by atoms with Gasteiger partial charge in [0, 0.05) is 31.5 Å². The van der Waals surface area contributed by atoms with Crippen molar-refractivity contribution in [2.75, 3.05) is 33.9 Å². The normalized spacial score (nSPS) is 20.8. The molecule has 0 N–H and O–H groups in total. The summed E-state index contributed by atoms with van der Waals surface area (Å²) in [5.41, 5.74) is 0.623. The first-order valence-electron chi connectivity index (χ1n) is 11.4. The fourth-order valence-electron chi connectivity index (χ4n) is 4.71. The van der Waals surface area contributed by atoms with Crippen LogP contribution < -0.4 is 9.47 Å². The van der Waals surface area contributed by atoms with Gasteiger partial charge in [0.1, 0.15) is 6.54 Å². The molecule has 4 rings (SSSR count). The molecule has 10 heteroatoms. The van der Waals surface area contributed by atoms with Gasteiger partial charge in [0.2, 0.25) is 17.7 Å². The van der Waals surface area contributed by atoms with Crippen molar-refractivity contribution in [1.82, 2.24) is 14.8 Å². The lowest BCUT2D eigenvalue weighted by molar-refractivity contribution is -0.147. The minimum absolute atomic E-state index is 0.0877. The predicted octanol–water partition coefficient (Wildman–Crippen LogP) is 1.42. The highest BCUT2D eigenvalue weighted by Crippen LogP contribution is 2.37. The van der Waals surface area contributed by atoms with Crippen LogP contribution in [0.5, 0.6) is 11.5 Å². The van der Waals surface area contributed by atoms with Gasteiger partial charge in [-0.2, -0.15) is 5.10 Å². The van der Waals surface area contributed by atoms with E-state index in [1.165, 1.54) is 0 Å². The lowest BCUT2D eigenvalue weighted by Crippen LogP contribution is -2.50. The van der Waals surface area contributed by atoms with Gasteiger partial charge in [-0.3, -0.25) is 24.1 Å². The summed E-state index contributed by atoms with van der Waals surface area (Å²) in [5, 5.41) is 6.28. The number of imide groups is 1. The van der Waals surface area contributed by atoms with Crippen LogP contribution in [-0.2, 0) is 19.2 Å². The Labute approximate surface area is 198 Å². The van der Waals surface area contributed by atoms with E-state index in [9.17, 15) is 19.2 Å². The van der Waals surface area contributed by atoms with Crippen LogP contribution in [0.25, 0.3) is 0 Å². The molecular weight excluding hydrogens is 440 g/mol. The first-order valence-corrected chi connectivity index (χ1v) is 11.4. The van der Waals surface area contributed by atoms with E-state index in [2.05, 4.69) is 0 Å². The van der Waals surface area contributed by atoms with Crippen molar-refractivity contribution >= 4 is 29.3 Å². The topological polar surface area (TPSA) is 109 Å². The van der Waals surface area contributed by atoms with E-state index >= 15 is 0 Å². The quantitative estimate of drug-likeness (QED) is 0.582. The Hall–Kier alpha value is -3.43. The number of hydrazone groups is 1. The summed E-state index contributed by atoms with van der Waals surface area (Å²) in [6, 6.07) is 5.34. The molecule has 1 aromatic carbocycles. The Morgan fingerprint density at radius 1 is 1.03 bits per heavy atom. The van der Waals surface area contributed by atoms with E-state index in [4.69, 9.17) is 14.6 Å². The maximum Gasteiger partial charge on any atom is 0.254 e. The first kappa shape index (κ1) is 23.7. The van der Waals surface area contributed by atoms with E-state index < -0.39 is 5.41 Å². The second kappa shape index (κ2) is 9.08. The molecule has 3 heterocycles. The molecule has 0 unspecified atom stereocenters. The molecule has 0 saturated carbocycles. The van der Waals surface area contributed by atoms with E-state index in [0.717, 1.165) is 10.5 Å². The number of hydrogen-bond acceptors (Lipinski definition) is 7. The fourth-order valence-corrected chi connectivity index (χ4v) is 4.71. The van der Waals surface area contributed by atoms with Gasteiger partial charge in [-0.1, -0.05) is 0 Å². The van der Waals surface area contributed by atoms with Gasteiger partial charge >= 0.3 is 0 Å². The highest BCUT2D eigenvalue weighted by molar-refractivity contribution is 6.19. The number of amides is 4. The molecule has 34 heavy (non-hydrogen) atoms. The molecule has 0 bridgehead atoms. The second-order valence-electron chi connectivity index (χ2n) is 9.28. The standard InChI is InChI=1S/C24H30N4O6/c1-24(2)22(15-5-6-17(33-3)18(13-15)34-4)25-28(23(24)32)16-9-11-26(12-10-16)21(31)14-27-19(29)7-8-20(27)30/h5-6,13,16H,7-12,14H2,1-4H3. The summed E-state index contributed by atoms with van der Waals surface area (Å²) in [6.07, 6.45) is 1.47. The number of carbonyl (C=O) groups is 4. The van der Waals surface area contributed by atoms with Crippen LogP contribution in [0.2, 0.25) is 0 Å². The number of methoxy groups -OCH3 is 2. The van der Waals surface area contributed by atoms with Gasteiger partial charge in [0.15, 0.2) is 11.5 Å². The molecule has 0 aromatic heterocycles. The Morgan fingerprint density at radius 2 is 1.65 bits per heavy atom. The van der Waals surface area contributed by atoms with Crippen molar-refractivity contribution in [2.45, 2.75) is 45.6 Å². The predicted molar refractivity (Wildman–Crippen MR) is 122 cm³/mol. The van der Waals surface area contributed by atoms with Crippen LogP contribution in [-0.4, -0.2) is 84.0 Å². The van der Waals surface area contributed by atoms with Crippen molar-refractivity contribution in [3.8, 4) is 11.5 Å². The molecule has 3 aliphatic rings. The Bertz CT molecular complexity index is 1040. The van der Waals surface area contributed by atoms with Crippen LogP contribution in [0.4, 0.5) is 0 Å². The number of rotatable bonds is 6. The Kier molecular flexibility index (Phi) is 6.33. The minimum atomic E-state index is -0.816. The first-order chi connectivity index (χ1) is 16.2. The van der Waals surface area contributed by atoms with Crippen LogP contribution in [0.1, 0.15) is 45.1 Å². The van der Waals surface area contributed by atoms with Crippen molar-refractivity contribution < 1.29 is 28.7 Å². The minimum Gasteiger partial charge on any atom is -0.493 e. The fraction of sp³-hybridized carbons (Fsp3) is 0.542. The summed E-state index contributed by atoms with van der Waals surface area (Å²) >= 11 is 0. The molecule has 1 aromatic rings. The van der Waals surface area contributed by atoms with Crippen LogP contribution in [0.15, 0.2) is 23.3 Å². The zero-order chi connectivity index (χ0) is 24.6. The Balaban J connectivity index is 1.45. The van der Waals surface area contributed by atoms with Crippen LogP contribution in [0.3, 0.4) is 0 Å². The number of nitrogens with zero attached hydrogens (tertiary/aromatic N) is 4. The summed E-state index contributed by atoms with van der Waals surface area (Å²) in [4.78, 5) is 52.3. The third kappa shape index (κ3) is 4.12. The number of ether oxygens (including phenoxy) is 2. The lowest BCUT2D eigenvalue weighted by atomic mass is 9.83. The van der Waals surface area contributed by atoms with Crippen molar-refractivity contribution in [3.63, 3.8) is 0 Å². The molecule has 2 saturated heterocycles. The van der Waals surface area contributed by atoms with Gasteiger partial charge in [-0.15, -0.1) is 0 Å². The highest BCUT2D eigenvalue weighted by atomic mass is 16.5. The van der Waals surface area contributed by atoms with E-state index in [1.807, 2.05) is 26.0 Å². The average Bonchev–Trinajstić information content (AvgIpc) is 3.28. The SMILES string of the molecule is COc1ccc(C2=NN(C3CCN(C(=O)CN4C(=O)CCC4=O)CC3)C(=O)C2(C)C)cc1OC. The van der Waals surface area contributed by atoms with Gasteiger partial charge in [0.05, 0.1) is 31.4 Å². The van der Waals surface area contributed by atoms with Gasteiger partial charge in [0.25, 0.3) is 5.91 Å². The van der Waals surface area contributed by atoms with Crippen LogP contribution in [0, 0.1) is 5.41 Å². The average molecular weight is 471 g/mol. The molecule has 10 nitrogen and oxygen atoms in total. The van der Waals surface area contributed by atoms with E-state index in [0.29, 0.717) is 43.1 Å². The third-order valence-electron chi connectivity index (χ3n) is 6.81. The molecule has 0 radical (unpaired) electrons. The lowest BCUT2D eigenvalue weighted by Gasteiger charge is -2.36. The summed E-state index contributed by atoms with van der Waals surface area (Å²) in [5.74, 6) is 0.233. The van der Waals surface area contributed by atoms with Crippen molar-refractivity contribution in [3.05, 3.63) is 23.8 Å². The molecule has 4 amide bonds. The zero-order valence-corrected chi connectivity index (χ0v) is 20.0. The van der Waals surface area contributed by atoms with E-state index in [1.54, 1.807) is 30.2 Å². The number of carbonyl (C=O) groups excluding carboxylic acids is 4.